The molecule has 0 aromatic rings. The second kappa shape index (κ2) is 6.86. The number of aliphatic hydroxyl groups is 1. The summed E-state index contributed by atoms with van der Waals surface area (Å²) in [5, 5.41) is 13.2. The fourth-order valence-corrected chi connectivity index (χ4v) is 1.59. The molecule has 0 aromatic heterocycles. The molecule has 0 bridgehead atoms. The molecule has 0 aromatic carbocycles. The lowest BCUT2D eigenvalue weighted by Crippen LogP contribution is -2.39. The molecule has 0 rings (SSSR count). The van der Waals surface area contributed by atoms with Gasteiger partial charge in [0.1, 0.15) is 0 Å². The molecule has 1 unspecified atom stereocenters. The average molecular weight is 197 g/mol. The van der Waals surface area contributed by atoms with Gasteiger partial charge in [-0.1, -0.05) is 13.8 Å². The summed E-state index contributed by atoms with van der Waals surface area (Å²) < 4.78 is 0. The second-order valence-corrected chi connectivity index (χ2v) is 4.45. The molecule has 14 heavy (non-hydrogen) atoms. The van der Waals surface area contributed by atoms with Crippen molar-refractivity contribution in [1.29, 1.82) is 0 Å². The second-order valence-electron chi connectivity index (χ2n) is 4.45. The van der Waals surface area contributed by atoms with Gasteiger partial charge in [0, 0.05) is 19.5 Å². The Labute approximate surface area is 88.1 Å². The molecular weight excluding hydrogens is 174 g/mol. The molecule has 0 heterocycles. The van der Waals surface area contributed by atoms with Gasteiger partial charge in [0.05, 0.1) is 5.60 Å². The van der Waals surface area contributed by atoms with E-state index in [2.05, 4.69) is 31.0 Å². The van der Waals surface area contributed by atoms with Crippen molar-refractivity contribution in [3.63, 3.8) is 0 Å². The lowest BCUT2D eigenvalue weighted by molar-refractivity contribution is 0.0389. The van der Waals surface area contributed by atoms with Gasteiger partial charge < -0.3 is 10.4 Å². The maximum Gasteiger partial charge on any atom is 0.0746 e. The molecule has 0 spiro atoms. The smallest absolute Gasteiger partial charge is 0.0746 e. The van der Waals surface area contributed by atoms with Gasteiger partial charge in [-0.2, -0.15) is 0 Å². The monoisotopic (exact) mass is 197 g/mol. The van der Waals surface area contributed by atoms with Crippen LogP contribution in [-0.4, -0.2) is 23.8 Å². The molecule has 0 saturated carbocycles. The molecule has 0 saturated heterocycles. The van der Waals surface area contributed by atoms with Crippen LogP contribution in [0.15, 0.2) is 0 Å². The van der Waals surface area contributed by atoms with Gasteiger partial charge in [0.15, 0.2) is 0 Å². The van der Waals surface area contributed by atoms with Gasteiger partial charge in [-0.15, -0.1) is 11.8 Å². The summed E-state index contributed by atoms with van der Waals surface area (Å²) >= 11 is 0. The summed E-state index contributed by atoms with van der Waals surface area (Å²) in [7, 11) is 0. The molecule has 0 fully saturated rings. The molecule has 0 aliphatic heterocycles. The van der Waals surface area contributed by atoms with Crippen LogP contribution in [0.5, 0.6) is 0 Å². The lowest BCUT2D eigenvalue weighted by atomic mass is 9.94. The maximum atomic E-state index is 9.94. The summed E-state index contributed by atoms with van der Waals surface area (Å²) in [6.45, 7) is 9.47. The summed E-state index contributed by atoms with van der Waals surface area (Å²) in [5.74, 6) is 6.36. The minimum Gasteiger partial charge on any atom is -0.389 e. The predicted molar refractivity (Wildman–Crippen MR) is 61.0 cm³/mol. The van der Waals surface area contributed by atoms with E-state index in [0.717, 1.165) is 19.4 Å². The Kier molecular flexibility index (Phi) is 6.61. The minimum absolute atomic E-state index is 0.530. The Morgan fingerprint density at radius 1 is 1.43 bits per heavy atom. The summed E-state index contributed by atoms with van der Waals surface area (Å²) in [6, 6.07) is 0. The normalized spacial score (nSPS) is 14.7. The Hall–Kier alpha value is -0.520. The third kappa shape index (κ3) is 8.10. The van der Waals surface area contributed by atoms with Crippen molar-refractivity contribution < 1.29 is 5.11 Å². The summed E-state index contributed by atoms with van der Waals surface area (Å²) in [5.41, 5.74) is -0.589. The highest BCUT2D eigenvalue weighted by Gasteiger charge is 2.20. The Morgan fingerprint density at radius 3 is 2.57 bits per heavy atom. The van der Waals surface area contributed by atoms with Crippen molar-refractivity contribution in [3.8, 4) is 11.8 Å². The highest BCUT2D eigenvalue weighted by molar-refractivity contribution is 4.95. The molecule has 0 radical (unpaired) electrons. The van der Waals surface area contributed by atoms with E-state index in [1.54, 1.807) is 0 Å². The molecule has 82 valence electrons. The van der Waals surface area contributed by atoms with Crippen LogP contribution >= 0.6 is 0 Å². The zero-order valence-electron chi connectivity index (χ0n) is 9.85. The van der Waals surface area contributed by atoms with Crippen molar-refractivity contribution in [2.45, 2.75) is 46.1 Å². The van der Waals surface area contributed by atoms with Crippen LogP contribution in [-0.2, 0) is 0 Å². The van der Waals surface area contributed by atoms with E-state index in [0.29, 0.717) is 12.5 Å². The number of hydrogen-bond acceptors (Lipinski definition) is 2. The van der Waals surface area contributed by atoms with Crippen LogP contribution in [0.2, 0.25) is 0 Å². The maximum absolute atomic E-state index is 9.94. The number of nitrogens with one attached hydrogen (secondary N) is 1. The van der Waals surface area contributed by atoms with Gasteiger partial charge >= 0.3 is 0 Å². The molecule has 0 aliphatic rings. The SMILES string of the molecule is CC#CCCNCC(C)(O)CC(C)C. The minimum atomic E-state index is -0.589. The van der Waals surface area contributed by atoms with E-state index < -0.39 is 5.60 Å². The van der Waals surface area contributed by atoms with Gasteiger partial charge in [-0.3, -0.25) is 0 Å². The van der Waals surface area contributed by atoms with Gasteiger partial charge in [0.2, 0.25) is 0 Å². The van der Waals surface area contributed by atoms with E-state index in [1.165, 1.54) is 0 Å². The van der Waals surface area contributed by atoms with Crippen molar-refractivity contribution in [2.24, 2.45) is 5.92 Å². The van der Waals surface area contributed by atoms with Crippen molar-refractivity contribution in [1.82, 2.24) is 5.32 Å². The van der Waals surface area contributed by atoms with Crippen LogP contribution in [0.25, 0.3) is 0 Å². The Balaban J connectivity index is 3.58. The van der Waals surface area contributed by atoms with Gasteiger partial charge in [0.25, 0.3) is 0 Å². The van der Waals surface area contributed by atoms with E-state index >= 15 is 0 Å². The largest absolute Gasteiger partial charge is 0.389 e. The quantitative estimate of drug-likeness (QED) is 0.502. The van der Waals surface area contributed by atoms with E-state index in [1.807, 2.05) is 13.8 Å². The number of rotatable bonds is 6. The van der Waals surface area contributed by atoms with Gasteiger partial charge in [-0.25, -0.2) is 0 Å². The summed E-state index contributed by atoms with van der Waals surface area (Å²) in [6.07, 6.45) is 1.69. The number of hydrogen-bond donors (Lipinski definition) is 2. The first kappa shape index (κ1) is 13.5. The lowest BCUT2D eigenvalue weighted by Gasteiger charge is -2.25. The zero-order chi connectivity index (χ0) is 11.0. The molecule has 2 nitrogen and oxygen atoms in total. The highest BCUT2D eigenvalue weighted by Crippen LogP contribution is 2.14. The van der Waals surface area contributed by atoms with Crippen molar-refractivity contribution in [3.05, 3.63) is 0 Å². The molecule has 0 aliphatic carbocycles. The average Bonchev–Trinajstić information content (AvgIpc) is 2.01. The predicted octanol–water partition coefficient (Wildman–Crippen LogP) is 1.79. The first-order valence-corrected chi connectivity index (χ1v) is 5.30. The molecule has 2 N–H and O–H groups in total. The Bertz CT molecular complexity index is 198. The van der Waals surface area contributed by atoms with Gasteiger partial charge in [-0.05, 0) is 26.2 Å². The van der Waals surface area contributed by atoms with Crippen LogP contribution in [0.3, 0.4) is 0 Å². The van der Waals surface area contributed by atoms with Crippen molar-refractivity contribution >= 4 is 0 Å². The molecule has 0 amide bonds. The zero-order valence-corrected chi connectivity index (χ0v) is 9.85. The summed E-state index contributed by atoms with van der Waals surface area (Å²) in [4.78, 5) is 0. The third-order valence-electron chi connectivity index (χ3n) is 1.96. The third-order valence-corrected chi connectivity index (χ3v) is 1.96. The first-order valence-electron chi connectivity index (χ1n) is 5.30. The fraction of sp³-hybridized carbons (Fsp3) is 0.833. The standard InChI is InChI=1S/C12H23NO/c1-5-6-7-8-13-10-12(4,14)9-11(2)3/h11,13-14H,7-10H2,1-4H3. The Morgan fingerprint density at radius 2 is 2.07 bits per heavy atom. The van der Waals surface area contributed by atoms with Crippen LogP contribution in [0.1, 0.15) is 40.5 Å². The topological polar surface area (TPSA) is 32.3 Å². The molecule has 2 heteroatoms. The van der Waals surface area contributed by atoms with Crippen LogP contribution in [0, 0.1) is 17.8 Å². The van der Waals surface area contributed by atoms with E-state index in [9.17, 15) is 5.11 Å². The molecule has 1 atom stereocenters. The van der Waals surface area contributed by atoms with Crippen molar-refractivity contribution in [2.75, 3.05) is 13.1 Å². The first-order chi connectivity index (χ1) is 6.48. The fourth-order valence-electron chi connectivity index (χ4n) is 1.59. The molecular formula is C12H23NO. The van der Waals surface area contributed by atoms with E-state index in [-0.39, 0.29) is 0 Å². The highest BCUT2D eigenvalue weighted by atomic mass is 16.3. The van der Waals surface area contributed by atoms with E-state index in [4.69, 9.17) is 0 Å². The van der Waals surface area contributed by atoms with Crippen LogP contribution < -0.4 is 5.32 Å². The van der Waals surface area contributed by atoms with Crippen LogP contribution in [0.4, 0.5) is 0 Å².